The first-order valence-corrected chi connectivity index (χ1v) is 11.4. The maximum Gasteiger partial charge on any atom is 0.253 e. The van der Waals surface area contributed by atoms with E-state index in [1.54, 1.807) is 19.2 Å². The fourth-order valence-corrected chi connectivity index (χ4v) is 6.28. The molecule has 1 aromatic carbocycles. The molecule has 6 nitrogen and oxygen atoms in total. The molecule has 5 rings (SSSR count). The predicted molar refractivity (Wildman–Crippen MR) is 120 cm³/mol. The Labute approximate surface area is 183 Å². The Balaban J connectivity index is 1.36. The zero-order chi connectivity index (χ0) is 21.1. The normalized spacial score (nSPS) is 28.8. The summed E-state index contributed by atoms with van der Waals surface area (Å²) >= 11 is 5.44. The van der Waals surface area contributed by atoms with Gasteiger partial charge in [0.05, 0.1) is 16.7 Å². The number of hydrogen-bond acceptors (Lipinski definition) is 4. The van der Waals surface area contributed by atoms with Crippen LogP contribution in [0.25, 0.3) is 0 Å². The van der Waals surface area contributed by atoms with Crippen LogP contribution >= 0.6 is 12.2 Å². The molecule has 0 heterocycles. The zero-order valence-electron chi connectivity index (χ0n) is 17.5. The molecule has 1 aromatic rings. The number of thiocarbonyl (C=S) groups is 1. The van der Waals surface area contributed by atoms with Gasteiger partial charge < -0.3 is 20.7 Å². The van der Waals surface area contributed by atoms with Crippen LogP contribution in [-0.4, -0.2) is 37.2 Å². The quantitative estimate of drug-likeness (QED) is 0.457. The number of ether oxygens (including phenoxy) is 1. The van der Waals surface area contributed by atoms with Crippen molar-refractivity contribution in [3.05, 3.63) is 29.8 Å². The van der Waals surface area contributed by atoms with Gasteiger partial charge in [-0.25, -0.2) is 0 Å². The van der Waals surface area contributed by atoms with Crippen molar-refractivity contribution in [1.82, 2.24) is 10.6 Å². The van der Waals surface area contributed by atoms with Crippen LogP contribution in [0.5, 0.6) is 0 Å². The lowest BCUT2D eigenvalue weighted by Crippen LogP contribution is -2.55. The summed E-state index contributed by atoms with van der Waals surface area (Å²) in [5.74, 6) is 1.98. The summed E-state index contributed by atoms with van der Waals surface area (Å²) in [6.45, 7) is 1.13. The van der Waals surface area contributed by atoms with Crippen LogP contribution in [-0.2, 0) is 9.53 Å². The Kier molecular flexibility index (Phi) is 6.39. The van der Waals surface area contributed by atoms with E-state index in [4.69, 9.17) is 17.0 Å². The van der Waals surface area contributed by atoms with Gasteiger partial charge in [0.2, 0.25) is 5.91 Å². The van der Waals surface area contributed by atoms with Crippen molar-refractivity contribution in [1.29, 1.82) is 0 Å². The minimum Gasteiger partial charge on any atom is -0.385 e. The molecule has 7 heteroatoms. The number of carbonyl (C=O) groups excluding carboxylic acids is 2. The number of nitrogens with one attached hydrogen (secondary N) is 3. The number of hydrogen-bond donors (Lipinski definition) is 3. The largest absolute Gasteiger partial charge is 0.385 e. The molecule has 0 aliphatic heterocycles. The van der Waals surface area contributed by atoms with E-state index in [0.29, 0.717) is 42.2 Å². The molecule has 4 aliphatic carbocycles. The number of rotatable bonds is 7. The number of methoxy groups -OCH3 is 1. The highest BCUT2D eigenvalue weighted by Crippen LogP contribution is 2.60. The second kappa shape index (κ2) is 9.02. The van der Waals surface area contributed by atoms with Crippen LogP contribution in [0.1, 0.15) is 55.3 Å². The fraction of sp³-hybridized carbons (Fsp3) is 0.609. The lowest BCUT2D eigenvalue weighted by Gasteiger charge is -2.55. The second-order valence-corrected chi connectivity index (χ2v) is 9.66. The molecule has 0 spiro atoms. The van der Waals surface area contributed by atoms with Crippen LogP contribution in [0.2, 0.25) is 0 Å². The van der Waals surface area contributed by atoms with Gasteiger partial charge in [-0.15, -0.1) is 0 Å². The van der Waals surface area contributed by atoms with Crippen molar-refractivity contribution in [2.45, 2.75) is 44.9 Å². The highest BCUT2D eigenvalue weighted by molar-refractivity contribution is 7.80. The third-order valence-corrected chi connectivity index (χ3v) is 7.18. The first-order valence-electron chi connectivity index (χ1n) is 11.0. The van der Waals surface area contributed by atoms with Crippen molar-refractivity contribution in [3.63, 3.8) is 0 Å². The predicted octanol–water partition coefficient (Wildman–Crippen LogP) is 3.48. The van der Waals surface area contributed by atoms with E-state index in [9.17, 15) is 9.59 Å². The summed E-state index contributed by atoms with van der Waals surface area (Å²) in [5.41, 5.74) is 0.845. The van der Waals surface area contributed by atoms with E-state index in [0.717, 1.165) is 25.7 Å². The molecular weight excluding hydrogens is 398 g/mol. The summed E-state index contributed by atoms with van der Waals surface area (Å²) in [4.78, 5) is 25.7. The average molecular weight is 430 g/mol. The monoisotopic (exact) mass is 429 g/mol. The van der Waals surface area contributed by atoms with Gasteiger partial charge in [0.1, 0.15) is 0 Å². The molecule has 0 aromatic heterocycles. The van der Waals surface area contributed by atoms with E-state index in [1.807, 2.05) is 12.1 Å². The van der Waals surface area contributed by atoms with Gasteiger partial charge in [-0.1, -0.05) is 12.1 Å². The maximum atomic E-state index is 13.2. The highest BCUT2D eigenvalue weighted by Gasteiger charge is 2.54. The summed E-state index contributed by atoms with van der Waals surface area (Å²) in [6.07, 6.45) is 7.61. The first kappa shape index (κ1) is 21.2. The molecular formula is C23H31N3O3S. The van der Waals surface area contributed by atoms with E-state index in [1.165, 1.54) is 19.3 Å². The Hall–Kier alpha value is -1.99. The maximum absolute atomic E-state index is 13.2. The number of anilines is 1. The third kappa shape index (κ3) is 4.52. The molecule has 2 amide bonds. The van der Waals surface area contributed by atoms with Crippen molar-refractivity contribution in [2.24, 2.45) is 23.2 Å². The molecule has 30 heavy (non-hydrogen) atoms. The van der Waals surface area contributed by atoms with E-state index in [-0.39, 0.29) is 22.3 Å². The van der Waals surface area contributed by atoms with Crippen LogP contribution in [0, 0.1) is 23.2 Å². The molecule has 3 N–H and O–H groups in total. The van der Waals surface area contributed by atoms with Gasteiger partial charge >= 0.3 is 0 Å². The Bertz CT molecular complexity index is 790. The molecule has 162 valence electrons. The van der Waals surface area contributed by atoms with Crippen LogP contribution < -0.4 is 16.0 Å². The van der Waals surface area contributed by atoms with Gasteiger partial charge in [-0.2, -0.15) is 0 Å². The van der Waals surface area contributed by atoms with Crippen molar-refractivity contribution in [2.75, 3.05) is 25.6 Å². The topological polar surface area (TPSA) is 79.5 Å². The summed E-state index contributed by atoms with van der Waals surface area (Å²) in [5, 5.41) is 9.16. The number of para-hydroxylation sites is 1. The summed E-state index contributed by atoms with van der Waals surface area (Å²) < 4.78 is 5.01. The molecule has 4 bridgehead atoms. The van der Waals surface area contributed by atoms with Crippen LogP contribution in [0.4, 0.5) is 5.69 Å². The fourth-order valence-electron chi connectivity index (χ4n) is 6.08. The molecule has 0 unspecified atom stereocenters. The van der Waals surface area contributed by atoms with E-state index < -0.39 is 0 Å². The second-order valence-electron chi connectivity index (χ2n) is 9.25. The van der Waals surface area contributed by atoms with Crippen molar-refractivity contribution in [3.8, 4) is 0 Å². The van der Waals surface area contributed by atoms with E-state index >= 15 is 0 Å². The molecule has 0 radical (unpaired) electrons. The van der Waals surface area contributed by atoms with Crippen molar-refractivity contribution < 1.29 is 14.3 Å². The third-order valence-electron chi connectivity index (χ3n) is 6.98. The first-order chi connectivity index (χ1) is 14.5. The Morgan fingerprint density at radius 3 is 2.37 bits per heavy atom. The van der Waals surface area contributed by atoms with Gasteiger partial charge in [-0.05, 0) is 87.1 Å². The Morgan fingerprint density at radius 2 is 1.73 bits per heavy atom. The average Bonchev–Trinajstić information content (AvgIpc) is 2.70. The highest BCUT2D eigenvalue weighted by atomic mass is 32.1. The smallest absolute Gasteiger partial charge is 0.253 e. The minimum absolute atomic E-state index is 0.0561. The molecule has 4 aliphatic rings. The molecule has 0 atom stereocenters. The van der Waals surface area contributed by atoms with Gasteiger partial charge in [0.25, 0.3) is 5.91 Å². The molecule has 4 saturated carbocycles. The number of benzene rings is 1. The molecule has 4 fully saturated rings. The SMILES string of the molecule is COCCCNC(=O)c1ccccc1NC(=S)NC(=O)C12CC3CC(CC(C3)C1)C2. The van der Waals surface area contributed by atoms with Crippen molar-refractivity contribution >= 4 is 34.8 Å². The van der Waals surface area contributed by atoms with Crippen LogP contribution in [0.3, 0.4) is 0 Å². The lowest BCUT2D eigenvalue weighted by atomic mass is 9.49. The summed E-state index contributed by atoms with van der Waals surface area (Å²) in [7, 11) is 1.64. The standard InChI is InChI=1S/C23H31N3O3S/c1-29-8-4-7-24-20(27)18-5-2-3-6-19(18)25-22(30)26-21(28)23-12-15-9-16(13-23)11-17(10-15)14-23/h2-3,5-6,15-17H,4,7-14H2,1H3,(H,24,27)(H2,25,26,28,30). The van der Waals surface area contributed by atoms with E-state index in [2.05, 4.69) is 16.0 Å². The number of carbonyl (C=O) groups is 2. The zero-order valence-corrected chi connectivity index (χ0v) is 18.4. The summed E-state index contributed by atoms with van der Waals surface area (Å²) in [6, 6.07) is 7.20. The Morgan fingerprint density at radius 1 is 1.10 bits per heavy atom. The van der Waals surface area contributed by atoms with Gasteiger partial charge in [0.15, 0.2) is 5.11 Å². The van der Waals surface area contributed by atoms with Gasteiger partial charge in [-0.3, -0.25) is 9.59 Å². The lowest BCUT2D eigenvalue weighted by molar-refractivity contribution is -0.144. The molecule has 0 saturated heterocycles. The number of amides is 2. The van der Waals surface area contributed by atoms with Gasteiger partial charge in [0, 0.05) is 20.3 Å². The van der Waals surface area contributed by atoms with Crippen LogP contribution in [0.15, 0.2) is 24.3 Å². The minimum atomic E-state index is -0.251.